The summed E-state index contributed by atoms with van der Waals surface area (Å²) in [6, 6.07) is 8.42. The van der Waals surface area contributed by atoms with E-state index in [1.807, 2.05) is 16.5 Å². The van der Waals surface area contributed by atoms with Crippen LogP contribution in [0.15, 0.2) is 30.3 Å². The number of carbonyl (C=O) groups is 1. The highest BCUT2D eigenvalue weighted by molar-refractivity contribution is 5.84. The van der Waals surface area contributed by atoms with Gasteiger partial charge >= 0.3 is 0 Å². The van der Waals surface area contributed by atoms with Crippen molar-refractivity contribution in [3.05, 3.63) is 53.1 Å². The maximum atomic E-state index is 13.4. The Labute approximate surface area is 159 Å². The minimum atomic E-state index is -0.313. The molecule has 5 nitrogen and oxygen atoms in total. The Balaban J connectivity index is 1.51. The van der Waals surface area contributed by atoms with Crippen LogP contribution in [0.25, 0.3) is 0 Å². The lowest BCUT2D eigenvalue weighted by molar-refractivity contribution is -0.144. The molecule has 0 aliphatic carbocycles. The first-order chi connectivity index (χ1) is 13.0. The van der Waals surface area contributed by atoms with Gasteiger partial charge in [0.2, 0.25) is 5.91 Å². The number of nitrogens with zero attached hydrogens (tertiary/aromatic N) is 4. The molecule has 0 unspecified atom stereocenters. The summed E-state index contributed by atoms with van der Waals surface area (Å²) in [7, 11) is 0. The quantitative estimate of drug-likeness (QED) is 0.830. The van der Waals surface area contributed by atoms with E-state index in [0.717, 1.165) is 42.9 Å². The molecule has 3 heterocycles. The fourth-order valence-corrected chi connectivity index (χ4v) is 4.31. The normalized spacial score (nSPS) is 19.7. The smallest absolute Gasteiger partial charge is 0.244 e. The van der Waals surface area contributed by atoms with Crippen molar-refractivity contribution in [1.29, 1.82) is 0 Å². The monoisotopic (exact) mass is 370 g/mol. The third kappa shape index (κ3) is 3.63. The van der Waals surface area contributed by atoms with Gasteiger partial charge in [-0.2, -0.15) is 5.10 Å². The SMILES string of the molecule is Cc1cc(C)n(C2CN(C(=O)[C@H](c3ccc(F)cc3)N3CCCCC3)C2)n1. The fraction of sp³-hybridized carbons (Fsp3) is 0.524. The number of aryl methyl sites for hydroxylation is 2. The molecule has 2 aromatic rings. The van der Waals surface area contributed by atoms with E-state index in [-0.39, 0.29) is 23.8 Å². The van der Waals surface area contributed by atoms with Gasteiger partial charge in [-0.3, -0.25) is 14.4 Å². The Morgan fingerprint density at radius 2 is 1.78 bits per heavy atom. The van der Waals surface area contributed by atoms with E-state index in [1.165, 1.54) is 18.6 Å². The Hall–Kier alpha value is -2.21. The van der Waals surface area contributed by atoms with Crippen molar-refractivity contribution >= 4 is 5.91 Å². The zero-order chi connectivity index (χ0) is 19.0. The van der Waals surface area contributed by atoms with Crippen LogP contribution in [0.5, 0.6) is 0 Å². The number of halogens is 1. The summed E-state index contributed by atoms with van der Waals surface area (Å²) in [5.74, 6) is -0.140. The molecule has 2 fully saturated rings. The summed E-state index contributed by atoms with van der Waals surface area (Å²) in [6.07, 6.45) is 3.43. The first-order valence-corrected chi connectivity index (χ1v) is 9.84. The number of carbonyl (C=O) groups excluding carboxylic acids is 1. The number of likely N-dealkylation sites (tertiary alicyclic amines) is 2. The van der Waals surface area contributed by atoms with Crippen LogP contribution in [-0.2, 0) is 4.79 Å². The summed E-state index contributed by atoms with van der Waals surface area (Å²) in [4.78, 5) is 17.5. The zero-order valence-corrected chi connectivity index (χ0v) is 16.1. The molecule has 0 radical (unpaired) electrons. The average Bonchev–Trinajstić information content (AvgIpc) is 2.95. The van der Waals surface area contributed by atoms with Crippen molar-refractivity contribution in [2.45, 2.75) is 45.2 Å². The number of aromatic nitrogens is 2. The predicted molar refractivity (Wildman–Crippen MR) is 102 cm³/mol. The second kappa shape index (κ2) is 7.43. The summed E-state index contributed by atoms with van der Waals surface area (Å²) >= 11 is 0. The Kier molecular flexibility index (Phi) is 5.00. The molecule has 1 aromatic heterocycles. The molecule has 1 atom stereocenters. The van der Waals surface area contributed by atoms with Crippen molar-refractivity contribution < 1.29 is 9.18 Å². The number of amides is 1. The molecule has 27 heavy (non-hydrogen) atoms. The van der Waals surface area contributed by atoms with E-state index in [1.54, 1.807) is 12.1 Å². The third-order valence-corrected chi connectivity index (χ3v) is 5.74. The van der Waals surface area contributed by atoms with Gasteiger partial charge in [0.1, 0.15) is 11.9 Å². The number of benzene rings is 1. The second-order valence-corrected chi connectivity index (χ2v) is 7.82. The fourth-order valence-electron chi connectivity index (χ4n) is 4.31. The van der Waals surface area contributed by atoms with Gasteiger partial charge < -0.3 is 4.90 Å². The lowest BCUT2D eigenvalue weighted by atomic mass is 9.98. The highest BCUT2D eigenvalue weighted by Crippen LogP contribution is 2.31. The molecular weight excluding hydrogens is 343 g/mol. The van der Waals surface area contributed by atoms with E-state index in [4.69, 9.17) is 0 Å². The van der Waals surface area contributed by atoms with E-state index in [9.17, 15) is 9.18 Å². The molecule has 6 heteroatoms. The Bertz CT molecular complexity index is 804. The first-order valence-electron chi connectivity index (χ1n) is 9.84. The molecule has 0 saturated carbocycles. The third-order valence-electron chi connectivity index (χ3n) is 5.74. The topological polar surface area (TPSA) is 41.4 Å². The van der Waals surface area contributed by atoms with Crippen LogP contribution in [0.1, 0.15) is 48.3 Å². The van der Waals surface area contributed by atoms with Crippen LogP contribution in [0.2, 0.25) is 0 Å². The van der Waals surface area contributed by atoms with Crippen LogP contribution in [0.3, 0.4) is 0 Å². The van der Waals surface area contributed by atoms with Gasteiger partial charge in [0, 0.05) is 18.8 Å². The molecule has 0 bridgehead atoms. The first kappa shape index (κ1) is 18.2. The van der Waals surface area contributed by atoms with Crippen molar-refractivity contribution in [2.24, 2.45) is 0 Å². The lowest BCUT2D eigenvalue weighted by Gasteiger charge is -2.44. The predicted octanol–water partition coefficient (Wildman–Crippen LogP) is 3.25. The molecular formula is C21H27FN4O. The summed E-state index contributed by atoms with van der Waals surface area (Å²) in [5, 5.41) is 4.56. The van der Waals surface area contributed by atoms with Gasteiger partial charge in [0.05, 0.1) is 11.7 Å². The number of hydrogen-bond acceptors (Lipinski definition) is 3. The highest BCUT2D eigenvalue weighted by atomic mass is 19.1. The molecule has 1 aromatic carbocycles. The molecule has 2 aliphatic heterocycles. The van der Waals surface area contributed by atoms with Crippen molar-refractivity contribution in [2.75, 3.05) is 26.2 Å². The van der Waals surface area contributed by atoms with E-state index in [2.05, 4.69) is 23.0 Å². The van der Waals surface area contributed by atoms with Crippen LogP contribution in [0.4, 0.5) is 4.39 Å². The number of rotatable bonds is 4. The maximum Gasteiger partial charge on any atom is 0.244 e. The van der Waals surface area contributed by atoms with Gasteiger partial charge in [-0.25, -0.2) is 4.39 Å². The van der Waals surface area contributed by atoms with Crippen molar-refractivity contribution in [1.82, 2.24) is 19.6 Å². The van der Waals surface area contributed by atoms with Gasteiger partial charge in [0.25, 0.3) is 0 Å². The van der Waals surface area contributed by atoms with Gasteiger partial charge in [-0.1, -0.05) is 18.6 Å². The molecule has 2 saturated heterocycles. The van der Waals surface area contributed by atoms with Crippen LogP contribution >= 0.6 is 0 Å². The minimum absolute atomic E-state index is 0.126. The van der Waals surface area contributed by atoms with E-state index < -0.39 is 0 Å². The summed E-state index contributed by atoms with van der Waals surface area (Å²) < 4.78 is 15.4. The summed E-state index contributed by atoms with van der Waals surface area (Å²) in [5.41, 5.74) is 3.03. The standard InChI is InChI=1S/C21H27FN4O/c1-15-12-16(2)26(23-15)19-13-25(14-19)21(27)20(24-10-4-3-5-11-24)17-6-8-18(22)9-7-17/h6-9,12,19-20H,3-5,10-11,13-14H2,1-2H3/t20-/m0/s1. The lowest BCUT2D eigenvalue weighted by Crippen LogP contribution is -2.55. The van der Waals surface area contributed by atoms with Gasteiger partial charge in [0.15, 0.2) is 0 Å². The largest absolute Gasteiger partial charge is 0.337 e. The van der Waals surface area contributed by atoms with Crippen molar-refractivity contribution in [3.8, 4) is 0 Å². The number of piperidine rings is 1. The molecule has 0 spiro atoms. The molecule has 1 amide bonds. The van der Waals surface area contributed by atoms with Gasteiger partial charge in [-0.05, 0) is 63.5 Å². The van der Waals surface area contributed by atoms with Crippen LogP contribution in [-0.4, -0.2) is 51.7 Å². The number of hydrogen-bond donors (Lipinski definition) is 0. The van der Waals surface area contributed by atoms with Gasteiger partial charge in [-0.15, -0.1) is 0 Å². The molecule has 0 N–H and O–H groups in total. The van der Waals surface area contributed by atoms with Crippen LogP contribution in [0, 0.1) is 19.7 Å². The summed E-state index contributed by atoms with van der Waals surface area (Å²) in [6.45, 7) is 7.26. The maximum absolute atomic E-state index is 13.4. The zero-order valence-electron chi connectivity index (χ0n) is 16.1. The Morgan fingerprint density at radius 1 is 1.11 bits per heavy atom. The molecule has 4 rings (SSSR count). The van der Waals surface area contributed by atoms with Crippen LogP contribution < -0.4 is 0 Å². The highest BCUT2D eigenvalue weighted by Gasteiger charge is 2.39. The van der Waals surface area contributed by atoms with E-state index in [0.29, 0.717) is 13.1 Å². The average molecular weight is 370 g/mol. The van der Waals surface area contributed by atoms with Crippen molar-refractivity contribution in [3.63, 3.8) is 0 Å². The second-order valence-electron chi connectivity index (χ2n) is 7.82. The minimum Gasteiger partial charge on any atom is -0.337 e. The molecule has 144 valence electrons. The Morgan fingerprint density at radius 3 is 2.37 bits per heavy atom. The molecule has 2 aliphatic rings. The van der Waals surface area contributed by atoms with E-state index >= 15 is 0 Å².